The van der Waals surface area contributed by atoms with E-state index in [2.05, 4.69) is 0 Å². The number of carbonyl (C=O) groups is 2. The molecule has 3 rings (SSSR count). The number of ether oxygens (including phenoxy) is 3. The van der Waals surface area contributed by atoms with Crippen molar-refractivity contribution >= 4 is 36.0 Å². The standard InChI is InChI=1S/C24H22ClO6P/c1-14-9-8-12-17(25)19(14)24(27)32(28)23-18(29-2)13-16(21(30-3)22(23)31-4)20(26)15-10-6-5-7-11-15/h5-13,32H,1-4H3. The Labute approximate surface area is 191 Å². The minimum atomic E-state index is -3.18. The summed E-state index contributed by atoms with van der Waals surface area (Å²) in [4.78, 5) is 26.3. The van der Waals surface area contributed by atoms with Crippen molar-refractivity contribution in [1.29, 1.82) is 0 Å². The molecule has 0 aliphatic heterocycles. The maximum Gasteiger partial charge on any atom is 0.224 e. The predicted molar refractivity (Wildman–Crippen MR) is 125 cm³/mol. The molecule has 1 atom stereocenters. The van der Waals surface area contributed by atoms with Gasteiger partial charge in [0.2, 0.25) is 5.52 Å². The van der Waals surface area contributed by atoms with Crippen LogP contribution in [0.5, 0.6) is 17.2 Å². The Hall–Kier alpha value is -3.08. The number of benzene rings is 3. The molecule has 0 bridgehead atoms. The molecular formula is C24H22ClO6P. The first-order chi connectivity index (χ1) is 15.3. The van der Waals surface area contributed by atoms with Gasteiger partial charge >= 0.3 is 0 Å². The number of aryl methyl sites for hydroxylation is 1. The normalized spacial score (nSPS) is 11.5. The Morgan fingerprint density at radius 1 is 0.875 bits per heavy atom. The van der Waals surface area contributed by atoms with Crippen molar-refractivity contribution in [3.8, 4) is 17.2 Å². The van der Waals surface area contributed by atoms with Crippen LogP contribution in [0.2, 0.25) is 5.02 Å². The molecule has 3 aromatic rings. The van der Waals surface area contributed by atoms with E-state index in [0.717, 1.165) is 0 Å². The lowest BCUT2D eigenvalue weighted by Gasteiger charge is -2.19. The number of ketones is 1. The summed E-state index contributed by atoms with van der Waals surface area (Å²) in [5.74, 6) is -0.172. The molecule has 0 saturated carbocycles. The number of hydrogen-bond donors (Lipinski definition) is 0. The van der Waals surface area contributed by atoms with Crippen molar-refractivity contribution < 1.29 is 28.4 Å². The lowest BCUT2D eigenvalue weighted by molar-refractivity contribution is 0.103. The zero-order valence-electron chi connectivity index (χ0n) is 18.0. The number of methoxy groups -OCH3 is 3. The summed E-state index contributed by atoms with van der Waals surface area (Å²) in [5.41, 5.74) is 0.719. The van der Waals surface area contributed by atoms with Gasteiger partial charge in [-0.05, 0) is 24.6 Å². The van der Waals surface area contributed by atoms with Crippen molar-refractivity contribution in [3.63, 3.8) is 0 Å². The van der Waals surface area contributed by atoms with Gasteiger partial charge in [-0.25, -0.2) is 0 Å². The van der Waals surface area contributed by atoms with E-state index in [9.17, 15) is 14.2 Å². The quantitative estimate of drug-likeness (QED) is 0.341. The minimum Gasteiger partial charge on any atom is -0.496 e. The zero-order chi connectivity index (χ0) is 23.4. The Kier molecular flexibility index (Phi) is 7.39. The van der Waals surface area contributed by atoms with Crippen molar-refractivity contribution in [1.82, 2.24) is 0 Å². The van der Waals surface area contributed by atoms with E-state index in [1.165, 1.54) is 27.4 Å². The van der Waals surface area contributed by atoms with Crippen molar-refractivity contribution in [2.75, 3.05) is 21.3 Å². The van der Waals surface area contributed by atoms with E-state index < -0.39 is 13.3 Å². The highest BCUT2D eigenvalue weighted by Crippen LogP contribution is 2.44. The van der Waals surface area contributed by atoms with Crippen LogP contribution in [0.25, 0.3) is 0 Å². The van der Waals surface area contributed by atoms with Crippen LogP contribution in [0.4, 0.5) is 0 Å². The maximum absolute atomic E-state index is 13.5. The van der Waals surface area contributed by atoms with Gasteiger partial charge in [-0.2, -0.15) is 0 Å². The number of halogens is 1. The maximum atomic E-state index is 13.5. The highest BCUT2D eigenvalue weighted by Gasteiger charge is 2.32. The number of hydrogen-bond acceptors (Lipinski definition) is 6. The van der Waals surface area contributed by atoms with Gasteiger partial charge in [0.1, 0.15) is 11.1 Å². The molecule has 0 aromatic heterocycles. The second kappa shape index (κ2) is 10.0. The third kappa shape index (κ3) is 4.29. The van der Waals surface area contributed by atoms with Gasteiger partial charge in [-0.3, -0.25) is 9.59 Å². The Bertz CT molecular complexity index is 1190. The Balaban J connectivity index is 2.22. The predicted octanol–water partition coefficient (Wildman–Crippen LogP) is 4.93. The summed E-state index contributed by atoms with van der Waals surface area (Å²) in [6, 6.07) is 15.0. The highest BCUT2D eigenvalue weighted by molar-refractivity contribution is 7.72. The molecule has 3 aromatic carbocycles. The third-order valence-corrected chi connectivity index (χ3v) is 6.90. The van der Waals surface area contributed by atoms with Gasteiger partial charge in [-0.15, -0.1) is 0 Å². The van der Waals surface area contributed by atoms with Gasteiger partial charge in [-0.1, -0.05) is 54.1 Å². The van der Waals surface area contributed by atoms with E-state index in [1.54, 1.807) is 55.5 Å². The van der Waals surface area contributed by atoms with Crippen LogP contribution < -0.4 is 19.5 Å². The Morgan fingerprint density at radius 2 is 1.53 bits per heavy atom. The van der Waals surface area contributed by atoms with Crippen LogP contribution in [-0.2, 0) is 4.57 Å². The summed E-state index contributed by atoms with van der Waals surface area (Å²) in [7, 11) is 0.899. The highest BCUT2D eigenvalue weighted by atomic mass is 35.5. The van der Waals surface area contributed by atoms with E-state index in [-0.39, 0.29) is 44.5 Å². The molecular weight excluding hydrogens is 451 g/mol. The van der Waals surface area contributed by atoms with Crippen LogP contribution in [0.1, 0.15) is 31.8 Å². The fraction of sp³-hybridized carbons (Fsp3) is 0.167. The van der Waals surface area contributed by atoms with Crippen LogP contribution in [0, 0.1) is 6.92 Å². The van der Waals surface area contributed by atoms with Crippen molar-refractivity contribution in [3.05, 3.63) is 81.9 Å². The summed E-state index contributed by atoms with van der Waals surface area (Å²) < 4.78 is 29.9. The fourth-order valence-corrected chi connectivity index (χ4v) is 5.44. The number of rotatable bonds is 8. The van der Waals surface area contributed by atoms with Gasteiger partial charge in [0.25, 0.3) is 0 Å². The molecule has 32 heavy (non-hydrogen) atoms. The molecule has 0 spiro atoms. The molecule has 0 aliphatic rings. The smallest absolute Gasteiger partial charge is 0.224 e. The van der Waals surface area contributed by atoms with E-state index in [0.29, 0.717) is 11.1 Å². The lowest BCUT2D eigenvalue weighted by atomic mass is 10.0. The molecule has 166 valence electrons. The first-order valence-electron chi connectivity index (χ1n) is 9.62. The second-order valence-electron chi connectivity index (χ2n) is 6.85. The molecule has 0 N–H and O–H groups in total. The van der Waals surface area contributed by atoms with Crippen molar-refractivity contribution in [2.45, 2.75) is 6.92 Å². The third-order valence-electron chi connectivity index (χ3n) is 4.99. The average molecular weight is 473 g/mol. The largest absolute Gasteiger partial charge is 0.496 e. The lowest BCUT2D eigenvalue weighted by Crippen LogP contribution is -2.16. The van der Waals surface area contributed by atoms with Gasteiger partial charge in [0.15, 0.2) is 25.1 Å². The van der Waals surface area contributed by atoms with Crippen LogP contribution in [0.3, 0.4) is 0 Å². The van der Waals surface area contributed by atoms with Gasteiger partial charge in [0, 0.05) is 11.1 Å². The van der Waals surface area contributed by atoms with E-state index >= 15 is 0 Å². The number of carbonyl (C=O) groups excluding carboxylic acids is 2. The Morgan fingerprint density at radius 3 is 2.09 bits per heavy atom. The zero-order valence-corrected chi connectivity index (χ0v) is 19.8. The molecule has 0 fully saturated rings. The van der Waals surface area contributed by atoms with E-state index in [4.69, 9.17) is 25.8 Å². The monoisotopic (exact) mass is 472 g/mol. The first-order valence-corrected chi connectivity index (χ1v) is 11.4. The van der Waals surface area contributed by atoms with Crippen molar-refractivity contribution in [2.24, 2.45) is 0 Å². The molecule has 0 amide bonds. The van der Waals surface area contributed by atoms with Crippen LogP contribution in [-0.4, -0.2) is 32.6 Å². The summed E-state index contributed by atoms with van der Waals surface area (Å²) in [6.45, 7) is 1.71. The first kappa shape index (κ1) is 23.6. The van der Waals surface area contributed by atoms with E-state index in [1.807, 2.05) is 0 Å². The molecule has 0 saturated heterocycles. The summed E-state index contributed by atoms with van der Waals surface area (Å²) in [6.07, 6.45) is 0. The van der Waals surface area contributed by atoms with Gasteiger partial charge < -0.3 is 18.8 Å². The molecule has 0 heterocycles. The molecule has 1 unspecified atom stereocenters. The molecule has 6 nitrogen and oxygen atoms in total. The van der Waals surface area contributed by atoms with Crippen LogP contribution in [0.15, 0.2) is 54.6 Å². The fourth-order valence-electron chi connectivity index (χ4n) is 3.45. The molecule has 8 heteroatoms. The summed E-state index contributed by atoms with van der Waals surface area (Å²) >= 11 is 6.22. The minimum absolute atomic E-state index is 0.00748. The van der Waals surface area contributed by atoms with Crippen LogP contribution >= 0.6 is 19.4 Å². The van der Waals surface area contributed by atoms with Gasteiger partial charge in [0.05, 0.1) is 31.9 Å². The summed E-state index contributed by atoms with van der Waals surface area (Å²) in [5, 5.41) is 0.236. The SMILES string of the molecule is COc1cc(C(=O)c2ccccc2)c(OC)c(OC)c1[PH](=O)C(=O)c1c(C)cccc1Cl. The molecule has 0 radical (unpaired) electrons. The second-order valence-corrected chi connectivity index (χ2v) is 8.87. The molecule has 0 aliphatic carbocycles. The topological polar surface area (TPSA) is 78.9 Å². The average Bonchev–Trinajstić information content (AvgIpc) is 2.81.